The zero-order chi connectivity index (χ0) is 23.9. The number of rotatable bonds is 9. The van der Waals surface area contributed by atoms with Gasteiger partial charge in [0.25, 0.3) is 0 Å². The molecule has 0 radical (unpaired) electrons. The number of hydrogen-bond donors (Lipinski definition) is 1. The Morgan fingerprint density at radius 1 is 0.882 bits per heavy atom. The van der Waals surface area contributed by atoms with Gasteiger partial charge >= 0.3 is 0 Å². The summed E-state index contributed by atoms with van der Waals surface area (Å²) < 4.78 is 5.10. The van der Waals surface area contributed by atoms with E-state index in [-0.39, 0.29) is 24.5 Å². The molecule has 34 heavy (non-hydrogen) atoms. The summed E-state index contributed by atoms with van der Waals surface area (Å²) in [5.41, 5.74) is 5.93. The average molecular weight is 471 g/mol. The molecule has 4 rings (SSSR count). The fraction of sp³-hybridized carbons (Fsp3) is 0.179. The zero-order valence-corrected chi connectivity index (χ0v) is 20.0. The Bertz CT molecular complexity index is 1260. The summed E-state index contributed by atoms with van der Waals surface area (Å²) in [4.78, 5) is 29.3. The molecular formula is C28H26N2O3S. The lowest BCUT2D eigenvalue weighted by molar-refractivity contribution is -0.121. The van der Waals surface area contributed by atoms with Crippen molar-refractivity contribution in [2.45, 2.75) is 26.3 Å². The molecule has 3 aromatic carbocycles. The SMILES string of the molecule is COc1ccc(C(=O)CCC(=O)NCc2ccc(-c3nc(-c4ccc(C)cc4)cs3)cc2)cc1. The van der Waals surface area contributed by atoms with Gasteiger partial charge in [0.05, 0.1) is 12.8 Å². The highest BCUT2D eigenvalue weighted by Gasteiger charge is 2.10. The first-order chi connectivity index (χ1) is 16.5. The van der Waals surface area contributed by atoms with Crippen molar-refractivity contribution >= 4 is 23.0 Å². The number of benzene rings is 3. The van der Waals surface area contributed by atoms with E-state index in [4.69, 9.17) is 9.72 Å². The number of aromatic nitrogens is 1. The van der Waals surface area contributed by atoms with E-state index < -0.39 is 0 Å². The maximum Gasteiger partial charge on any atom is 0.220 e. The van der Waals surface area contributed by atoms with Crippen molar-refractivity contribution in [3.05, 3.63) is 94.9 Å². The lowest BCUT2D eigenvalue weighted by Crippen LogP contribution is -2.23. The molecule has 172 valence electrons. The molecule has 0 aliphatic carbocycles. The fourth-order valence-electron chi connectivity index (χ4n) is 3.47. The monoisotopic (exact) mass is 470 g/mol. The van der Waals surface area contributed by atoms with Crippen LogP contribution in [0.25, 0.3) is 21.8 Å². The number of Topliss-reactive ketones (excluding diaryl/α,β-unsaturated/α-hetero) is 1. The van der Waals surface area contributed by atoms with Crippen LogP contribution in [0.15, 0.2) is 78.2 Å². The highest BCUT2D eigenvalue weighted by atomic mass is 32.1. The quantitative estimate of drug-likeness (QED) is 0.301. The van der Waals surface area contributed by atoms with Crippen LogP contribution in [0.5, 0.6) is 5.75 Å². The molecule has 0 unspecified atom stereocenters. The van der Waals surface area contributed by atoms with Crippen molar-refractivity contribution < 1.29 is 14.3 Å². The zero-order valence-electron chi connectivity index (χ0n) is 19.2. The Hall–Kier alpha value is -3.77. The first-order valence-corrected chi connectivity index (χ1v) is 12.0. The summed E-state index contributed by atoms with van der Waals surface area (Å²) in [5, 5.41) is 5.92. The summed E-state index contributed by atoms with van der Waals surface area (Å²) in [6.07, 6.45) is 0.328. The van der Waals surface area contributed by atoms with Gasteiger partial charge in [0.1, 0.15) is 10.8 Å². The Balaban J connectivity index is 1.27. The van der Waals surface area contributed by atoms with E-state index >= 15 is 0 Å². The number of ketones is 1. The third-order valence-electron chi connectivity index (χ3n) is 5.53. The second-order valence-electron chi connectivity index (χ2n) is 8.03. The number of carbonyl (C=O) groups is 2. The van der Waals surface area contributed by atoms with Crippen LogP contribution in [-0.4, -0.2) is 23.8 Å². The number of nitrogens with one attached hydrogen (secondary N) is 1. The summed E-state index contributed by atoms with van der Waals surface area (Å²) in [6.45, 7) is 2.49. The lowest BCUT2D eigenvalue weighted by Gasteiger charge is -2.06. The number of thiazole rings is 1. The Morgan fingerprint density at radius 2 is 1.56 bits per heavy atom. The van der Waals surface area contributed by atoms with Crippen LogP contribution in [0, 0.1) is 6.92 Å². The van der Waals surface area contributed by atoms with Crippen LogP contribution in [0.3, 0.4) is 0 Å². The molecule has 4 aromatic rings. The van der Waals surface area contributed by atoms with E-state index in [1.807, 2.05) is 24.3 Å². The number of aryl methyl sites for hydroxylation is 1. The highest BCUT2D eigenvalue weighted by molar-refractivity contribution is 7.13. The van der Waals surface area contributed by atoms with E-state index in [1.165, 1.54) is 5.56 Å². The van der Waals surface area contributed by atoms with Crippen molar-refractivity contribution in [1.29, 1.82) is 0 Å². The highest BCUT2D eigenvalue weighted by Crippen LogP contribution is 2.29. The minimum absolute atomic E-state index is 0.0596. The van der Waals surface area contributed by atoms with Crippen LogP contribution in [0.2, 0.25) is 0 Å². The van der Waals surface area contributed by atoms with Crippen molar-refractivity contribution in [1.82, 2.24) is 10.3 Å². The van der Waals surface area contributed by atoms with Crippen LogP contribution in [0.1, 0.15) is 34.3 Å². The molecule has 0 bridgehead atoms. The first kappa shape index (κ1) is 23.4. The van der Waals surface area contributed by atoms with Gasteiger partial charge in [-0.25, -0.2) is 4.98 Å². The largest absolute Gasteiger partial charge is 0.497 e. The topological polar surface area (TPSA) is 68.3 Å². The van der Waals surface area contributed by atoms with Gasteiger partial charge in [0, 0.05) is 41.5 Å². The molecule has 0 saturated carbocycles. The molecule has 6 heteroatoms. The van der Waals surface area contributed by atoms with E-state index in [2.05, 4.69) is 41.9 Å². The van der Waals surface area contributed by atoms with Gasteiger partial charge in [0.2, 0.25) is 5.91 Å². The predicted molar refractivity (Wildman–Crippen MR) is 136 cm³/mol. The number of amides is 1. The average Bonchev–Trinajstić information content (AvgIpc) is 3.37. The molecular weight excluding hydrogens is 444 g/mol. The minimum Gasteiger partial charge on any atom is -0.497 e. The van der Waals surface area contributed by atoms with Crippen molar-refractivity contribution in [2.24, 2.45) is 0 Å². The van der Waals surface area contributed by atoms with Crippen LogP contribution in [-0.2, 0) is 11.3 Å². The van der Waals surface area contributed by atoms with Gasteiger partial charge < -0.3 is 10.1 Å². The molecule has 0 spiro atoms. The van der Waals surface area contributed by atoms with Gasteiger partial charge in [-0.15, -0.1) is 11.3 Å². The maximum absolute atomic E-state index is 12.3. The van der Waals surface area contributed by atoms with Crippen molar-refractivity contribution in [2.75, 3.05) is 7.11 Å². The molecule has 0 fully saturated rings. The Kier molecular flexibility index (Phi) is 7.50. The fourth-order valence-corrected chi connectivity index (χ4v) is 4.30. The van der Waals surface area contributed by atoms with Gasteiger partial charge in [-0.3, -0.25) is 9.59 Å². The van der Waals surface area contributed by atoms with E-state index in [0.717, 1.165) is 27.4 Å². The second kappa shape index (κ2) is 10.9. The molecule has 0 aliphatic rings. The van der Waals surface area contributed by atoms with Gasteiger partial charge in [-0.1, -0.05) is 54.1 Å². The number of methoxy groups -OCH3 is 1. The Labute approximate surface area is 203 Å². The molecule has 1 amide bonds. The van der Waals surface area contributed by atoms with Gasteiger partial charge in [-0.05, 0) is 36.8 Å². The normalized spacial score (nSPS) is 10.6. The summed E-state index contributed by atoms with van der Waals surface area (Å²) in [6, 6.07) is 23.3. The minimum atomic E-state index is -0.145. The second-order valence-corrected chi connectivity index (χ2v) is 8.89. The smallest absolute Gasteiger partial charge is 0.220 e. The molecule has 1 N–H and O–H groups in total. The van der Waals surface area contributed by atoms with Gasteiger partial charge in [0.15, 0.2) is 5.78 Å². The number of hydrogen-bond acceptors (Lipinski definition) is 5. The molecule has 0 atom stereocenters. The molecule has 0 aliphatic heterocycles. The standard InChI is InChI=1S/C28H26N2O3S/c1-19-3-7-21(8-4-19)25-18-34-28(30-25)23-9-5-20(6-10-23)17-29-27(32)16-15-26(31)22-11-13-24(33-2)14-12-22/h3-14,18H,15-17H2,1-2H3,(H,29,32). The van der Waals surface area contributed by atoms with E-state index in [0.29, 0.717) is 17.9 Å². The van der Waals surface area contributed by atoms with Crippen molar-refractivity contribution in [3.63, 3.8) is 0 Å². The first-order valence-electron chi connectivity index (χ1n) is 11.1. The third-order valence-corrected chi connectivity index (χ3v) is 6.42. The van der Waals surface area contributed by atoms with E-state index in [9.17, 15) is 9.59 Å². The van der Waals surface area contributed by atoms with Crippen molar-refractivity contribution in [3.8, 4) is 27.6 Å². The Morgan fingerprint density at radius 3 is 2.24 bits per heavy atom. The van der Waals surface area contributed by atoms with Crippen LogP contribution >= 0.6 is 11.3 Å². The predicted octanol–water partition coefficient (Wildman–Crippen LogP) is 6.07. The van der Waals surface area contributed by atoms with Gasteiger partial charge in [-0.2, -0.15) is 0 Å². The summed E-state index contributed by atoms with van der Waals surface area (Å²) >= 11 is 1.62. The number of ether oxygens (including phenoxy) is 1. The molecule has 1 heterocycles. The molecule has 0 saturated heterocycles. The van der Waals surface area contributed by atoms with Crippen LogP contribution < -0.4 is 10.1 Å². The summed E-state index contributed by atoms with van der Waals surface area (Å²) in [5.74, 6) is 0.492. The summed E-state index contributed by atoms with van der Waals surface area (Å²) in [7, 11) is 1.58. The third kappa shape index (κ3) is 5.97. The van der Waals surface area contributed by atoms with Crippen LogP contribution in [0.4, 0.5) is 0 Å². The number of nitrogens with zero attached hydrogens (tertiary/aromatic N) is 1. The van der Waals surface area contributed by atoms with E-state index in [1.54, 1.807) is 42.7 Å². The number of carbonyl (C=O) groups excluding carboxylic acids is 2. The lowest BCUT2D eigenvalue weighted by atomic mass is 10.1. The molecule has 5 nitrogen and oxygen atoms in total. The molecule has 1 aromatic heterocycles. The maximum atomic E-state index is 12.3.